The molecule has 1 aromatic carbocycles. The molecule has 138 valence electrons. The Kier molecular flexibility index (Phi) is 5.16. The largest absolute Gasteiger partial charge is 0.484 e. The normalized spacial score (nSPS) is 20.2. The van der Waals surface area contributed by atoms with Crippen molar-refractivity contribution >= 4 is 17.5 Å². The zero-order valence-electron chi connectivity index (χ0n) is 14.8. The zero-order valence-corrected chi connectivity index (χ0v) is 15.6. The van der Waals surface area contributed by atoms with E-state index in [4.69, 9.17) is 16.3 Å². The predicted molar refractivity (Wildman–Crippen MR) is 100 cm³/mol. The molecule has 1 aliphatic carbocycles. The summed E-state index contributed by atoms with van der Waals surface area (Å²) in [6, 6.07) is 7.14. The molecular weight excluding hydrogens is 350 g/mol. The highest BCUT2D eigenvalue weighted by molar-refractivity contribution is 6.30. The summed E-state index contributed by atoms with van der Waals surface area (Å²) in [4.78, 5) is 19.1. The number of benzene rings is 1. The summed E-state index contributed by atoms with van der Waals surface area (Å²) in [6.45, 7) is 2.62. The standard InChI is InChI=1S/C20H24ClN3O2/c21-17-4-1-5-18(11-17)26-14-19(25)23-9-2-3-16(13-23)20-22-8-10-24(20)12-15-6-7-15/h1,4-5,8,10-11,15-16H,2-3,6-7,9,12-14H2. The Hall–Kier alpha value is -2.01. The van der Waals surface area contributed by atoms with Crippen LogP contribution >= 0.6 is 11.6 Å². The Labute approximate surface area is 158 Å². The molecule has 0 spiro atoms. The molecule has 4 rings (SSSR count). The van der Waals surface area contributed by atoms with Crippen LogP contribution in [0, 0.1) is 5.92 Å². The Morgan fingerprint density at radius 1 is 1.31 bits per heavy atom. The molecule has 1 unspecified atom stereocenters. The predicted octanol–water partition coefficient (Wildman–Crippen LogP) is 3.73. The van der Waals surface area contributed by atoms with Crippen molar-refractivity contribution in [2.45, 2.75) is 38.1 Å². The number of likely N-dealkylation sites (tertiary alicyclic amines) is 1. The van der Waals surface area contributed by atoms with Gasteiger partial charge in [0.2, 0.25) is 0 Å². The fourth-order valence-corrected chi connectivity index (χ4v) is 3.80. The van der Waals surface area contributed by atoms with E-state index in [0.29, 0.717) is 16.7 Å². The third-order valence-corrected chi connectivity index (χ3v) is 5.43. The van der Waals surface area contributed by atoms with Crippen LogP contribution < -0.4 is 4.74 Å². The highest BCUT2D eigenvalue weighted by Crippen LogP contribution is 2.33. The highest BCUT2D eigenvalue weighted by atomic mass is 35.5. The van der Waals surface area contributed by atoms with E-state index in [-0.39, 0.29) is 12.5 Å². The van der Waals surface area contributed by atoms with Crippen LogP contribution in [0.25, 0.3) is 0 Å². The number of carbonyl (C=O) groups excluding carboxylic acids is 1. The van der Waals surface area contributed by atoms with Crippen molar-refractivity contribution in [3.8, 4) is 5.75 Å². The number of halogens is 1. The minimum absolute atomic E-state index is 0.0231. The summed E-state index contributed by atoms with van der Waals surface area (Å²) >= 11 is 5.96. The average Bonchev–Trinajstić information content (AvgIpc) is 3.35. The lowest BCUT2D eigenvalue weighted by Crippen LogP contribution is -2.42. The third-order valence-electron chi connectivity index (χ3n) is 5.20. The molecule has 0 N–H and O–H groups in total. The van der Waals surface area contributed by atoms with Gasteiger partial charge >= 0.3 is 0 Å². The molecule has 6 heteroatoms. The molecule has 1 saturated carbocycles. The van der Waals surface area contributed by atoms with Crippen molar-refractivity contribution in [1.29, 1.82) is 0 Å². The maximum Gasteiger partial charge on any atom is 0.260 e. The Morgan fingerprint density at radius 2 is 2.19 bits per heavy atom. The van der Waals surface area contributed by atoms with E-state index >= 15 is 0 Å². The number of ether oxygens (including phenoxy) is 1. The van der Waals surface area contributed by atoms with Crippen LogP contribution in [0.5, 0.6) is 5.75 Å². The number of piperidine rings is 1. The van der Waals surface area contributed by atoms with Gasteiger partial charge in [-0.1, -0.05) is 17.7 Å². The van der Waals surface area contributed by atoms with Crippen LogP contribution in [0.1, 0.15) is 37.4 Å². The minimum Gasteiger partial charge on any atom is -0.484 e. The molecule has 1 atom stereocenters. The number of nitrogens with zero attached hydrogens (tertiary/aromatic N) is 3. The quantitative estimate of drug-likeness (QED) is 0.775. The van der Waals surface area contributed by atoms with E-state index in [1.165, 1.54) is 12.8 Å². The smallest absolute Gasteiger partial charge is 0.260 e. The van der Waals surface area contributed by atoms with Gasteiger partial charge in [0.15, 0.2) is 6.61 Å². The molecule has 2 fully saturated rings. The van der Waals surface area contributed by atoms with Gasteiger partial charge in [0.25, 0.3) is 5.91 Å². The summed E-state index contributed by atoms with van der Waals surface area (Å²) in [6.07, 6.45) is 8.71. The minimum atomic E-state index is 0.0231. The van der Waals surface area contributed by atoms with E-state index < -0.39 is 0 Å². The molecule has 2 aliphatic rings. The van der Waals surface area contributed by atoms with E-state index in [1.807, 2.05) is 23.2 Å². The molecule has 1 aliphatic heterocycles. The first-order chi connectivity index (χ1) is 12.7. The summed E-state index contributed by atoms with van der Waals surface area (Å²) < 4.78 is 7.91. The van der Waals surface area contributed by atoms with Gasteiger partial charge in [0.05, 0.1) is 0 Å². The van der Waals surface area contributed by atoms with Crippen LogP contribution in [0.3, 0.4) is 0 Å². The van der Waals surface area contributed by atoms with Gasteiger partial charge in [0, 0.05) is 43.0 Å². The molecule has 0 bridgehead atoms. The fourth-order valence-electron chi connectivity index (χ4n) is 3.62. The molecule has 26 heavy (non-hydrogen) atoms. The number of aromatic nitrogens is 2. The average molecular weight is 374 g/mol. The van der Waals surface area contributed by atoms with Crippen LogP contribution in [-0.4, -0.2) is 40.1 Å². The summed E-state index contributed by atoms with van der Waals surface area (Å²) in [5.74, 6) is 2.91. The monoisotopic (exact) mass is 373 g/mol. The third kappa shape index (κ3) is 4.21. The second-order valence-corrected chi connectivity index (χ2v) is 7.74. The van der Waals surface area contributed by atoms with Gasteiger partial charge in [-0.2, -0.15) is 0 Å². The van der Waals surface area contributed by atoms with Crippen LogP contribution in [-0.2, 0) is 11.3 Å². The number of carbonyl (C=O) groups is 1. The second kappa shape index (κ2) is 7.70. The van der Waals surface area contributed by atoms with Gasteiger partial charge < -0.3 is 14.2 Å². The second-order valence-electron chi connectivity index (χ2n) is 7.31. The summed E-state index contributed by atoms with van der Waals surface area (Å²) in [5.41, 5.74) is 0. The lowest BCUT2D eigenvalue weighted by molar-refractivity contribution is -0.134. The molecule has 5 nitrogen and oxygen atoms in total. The molecule has 1 amide bonds. The topological polar surface area (TPSA) is 47.4 Å². The number of imidazole rings is 1. The van der Waals surface area contributed by atoms with E-state index in [2.05, 4.69) is 15.7 Å². The number of hydrogen-bond donors (Lipinski definition) is 0. The van der Waals surface area contributed by atoms with Crippen molar-refractivity contribution in [2.24, 2.45) is 5.92 Å². The van der Waals surface area contributed by atoms with Gasteiger partial charge in [0.1, 0.15) is 11.6 Å². The van der Waals surface area contributed by atoms with Gasteiger partial charge in [-0.25, -0.2) is 4.98 Å². The lowest BCUT2D eigenvalue weighted by Gasteiger charge is -2.32. The van der Waals surface area contributed by atoms with Gasteiger partial charge in [-0.15, -0.1) is 0 Å². The maximum atomic E-state index is 12.6. The Morgan fingerprint density at radius 3 is 3.00 bits per heavy atom. The molecule has 2 heterocycles. The molecule has 0 radical (unpaired) electrons. The zero-order chi connectivity index (χ0) is 17.9. The molecule has 2 aromatic rings. The van der Waals surface area contributed by atoms with Gasteiger partial charge in [-0.3, -0.25) is 4.79 Å². The SMILES string of the molecule is O=C(COc1cccc(Cl)c1)N1CCCC(c2nccn2CC2CC2)C1. The first-order valence-corrected chi connectivity index (χ1v) is 9.74. The highest BCUT2D eigenvalue weighted by Gasteiger charge is 2.29. The fraction of sp³-hybridized carbons (Fsp3) is 0.500. The summed E-state index contributed by atoms with van der Waals surface area (Å²) in [5, 5.41) is 0.607. The number of amides is 1. The number of rotatable bonds is 6. The first-order valence-electron chi connectivity index (χ1n) is 9.36. The van der Waals surface area contributed by atoms with E-state index in [0.717, 1.165) is 44.2 Å². The van der Waals surface area contributed by atoms with Gasteiger partial charge in [-0.05, 0) is 49.8 Å². The summed E-state index contributed by atoms with van der Waals surface area (Å²) in [7, 11) is 0. The molecule has 1 saturated heterocycles. The maximum absolute atomic E-state index is 12.6. The van der Waals surface area contributed by atoms with E-state index in [1.54, 1.807) is 12.1 Å². The van der Waals surface area contributed by atoms with Crippen LogP contribution in [0.15, 0.2) is 36.7 Å². The number of hydrogen-bond acceptors (Lipinski definition) is 3. The van der Waals surface area contributed by atoms with Crippen molar-refractivity contribution in [3.05, 3.63) is 47.5 Å². The van der Waals surface area contributed by atoms with Crippen LogP contribution in [0.2, 0.25) is 5.02 Å². The van der Waals surface area contributed by atoms with Crippen molar-refractivity contribution in [1.82, 2.24) is 14.5 Å². The molecule has 1 aromatic heterocycles. The van der Waals surface area contributed by atoms with Crippen molar-refractivity contribution in [2.75, 3.05) is 19.7 Å². The Balaban J connectivity index is 1.35. The lowest BCUT2D eigenvalue weighted by atomic mass is 9.97. The van der Waals surface area contributed by atoms with Crippen molar-refractivity contribution in [3.63, 3.8) is 0 Å². The first kappa shape index (κ1) is 17.4. The Bertz CT molecular complexity index is 772. The van der Waals surface area contributed by atoms with Crippen molar-refractivity contribution < 1.29 is 9.53 Å². The van der Waals surface area contributed by atoms with Crippen LogP contribution in [0.4, 0.5) is 0 Å². The molecular formula is C20H24ClN3O2. The van der Waals surface area contributed by atoms with E-state index in [9.17, 15) is 4.79 Å².